The zero-order valence-electron chi connectivity index (χ0n) is 27.1. The number of benzene rings is 3. The standard InChI is InChI=1S/C40H46O6/c1-2-24-7-8-33-34(15-24)38(44-23-36(42)46-40-19-28-12-29(20-40)14-30(13-28)21-40)32-6-4-3-5-31(32)37(33)43-22-35(41)45-39-16-25-9-26(17-39)11-27(10-25)18-39/h3-8,15,25-30H,2,9-14,16-23H2,1H3. The Morgan fingerprint density at radius 3 is 1.39 bits per heavy atom. The monoisotopic (exact) mass is 622 g/mol. The Morgan fingerprint density at radius 1 is 0.587 bits per heavy atom. The number of aryl methyl sites for hydroxylation is 1. The predicted octanol–water partition coefficient (Wildman–Crippen LogP) is 8.34. The van der Waals surface area contributed by atoms with E-state index in [-0.39, 0.29) is 36.4 Å². The van der Waals surface area contributed by atoms with Crippen molar-refractivity contribution in [3.8, 4) is 11.5 Å². The molecule has 8 bridgehead atoms. The lowest BCUT2D eigenvalue weighted by molar-refractivity contribution is -0.189. The zero-order valence-corrected chi connectivity index (χ0v) is 27.1. The summed E-state index contributed by atoms with van der Waals surface area (Å²) in [4.78, 5) is 26.7. The van der Waals surface area contributed by atoms with Crippen LogP contribution in [0.25, 0.3) is 21.5 Å². The number of hydrogen-bond acceptors (Lipinski definition) is 6. The van der Waals surface area contributed by atoms with Crippen LogP contribution in [-0.4, -0.2) is 36.4 Å². The van der Waals surface area contributed by atoms with Crippen LogP contribution in [-0.2, 0) is 25.5 Å². The van der Waals surface area contributed by atoms with Gasteiger partial charge in [0.15, 0.2) is 13.2 Å². The van der Waals surface area contributed by atoms with Gasteiger partial charge in [-0.3, -0.25) is 0 Å². The zero-order chi connectivity index (χ0) is 31.0. The fourth-order valence-corrected chi connectivity index (χ4v) is 11.8. The molecule has 8 aliphatic rings. The quantitative estimate of drug-likeness (QED) is 0.177. The van der Waals surface area contributed by atoms with E-state index < -0.39 is 0 Å². The minimum absolute atomic E-state index is 0.130. The highest BCUT2D eigenvalue weighted by Crippen LogP contribution is 2.58. The third-order valence-corrected chi connectivity index (χ3v) is 12.7. The van der Waals surface area contributed by atoms with Gasteiger partial charge in [-0.2, -0.15) is 0 Å². The average molecular weight is 623 g/mol. The van der Waals surface area contributed by atoms with Crippen LogP contribution < -0.4 is 9.47 Å². The van der Waals surface area contributed by atoms with Gasteiger partial charge in [0.05, 0.1) is 0 Å². The summed E-state index contributed by atoms with van der Waals surface area (Å²) in [5, 5.41) is 3.45. The molecule has 242 valence electrons. The Bertz CT molecular complexity index is 1630. The van der Waals surface area contributed by atoms with Crippen LogP contribution in [0.15, 0.2) is 42.5 Å². The second-order valence-electron chi connectivity index (χ2n) is 16.2. The molecule has 3 aromatic carbocycles. The number of carbonyl (C=O) groups excluding carboxylic acids is 2. The largest absolute Gasteiger partial charge is 0.481 e. The molecule has 0 atom stereocenters. The summed E-state index contributed by atoms with van der Waals surface area (Å²) in [6.07, 6.45) is 14.7. The van der Waals surface area contributed by atoms with Crippen LogP contribution in [0.2, 0.25) is 0 Å². The lowest BCUT2D eigenvalue weighted by atomic mass is 9.54. The molecule has 11 rings (SSSR count). The first-order valence-corrected chi connectivity index (χ1v) is 18.0. The van der Waals surface area contributed by atoms with Crippen molar-refractivity contribution in [2.24, 2.45) is 35.5 Å². The normalized spacial score (nSPS) is 35.1. The Kier molecular flexibility index (Phi) is 6.84. The maximum Gasteiger partial charge on any atom is 0.344 e. The molecular weight excluding hydrogens is 576 g/mol. The van der Waals surface area contributed by atoms with Crippen LogP contribution >= 0.6 is 0 Å². The van der Waals surface area contributed by atoms with Crippen LogP contribution in [0.5, 0.6) is 11.5 Å². The molecule has 0 aromatic heterocycles. The molecule has 0 radical (unpaired) electrons. The van der Waals surface area contributed by atoms with Crippen molar-refractivity contribution in [2.45, 2.75) is 102 Å². The molecule has 8 fully saturated rings. The molecule has 0 heterocycles. The van der Waals surface area contributed by atoms with Gasteiger partial charge in [0.2, 0.25) is 0 Å². The third kappa shape index (κ3) is 5.06. The number of fused-ring (bicyclic) bond motifs is 2. The fourth-order valence-electron chi connectivity index (χ4n) is 11.8. The van der Waals surface area contributed by atoms with Crippen molar-refractivity contribution in [1.29, 1.82) is 0 Å². The number of rotatable bonds is 9. The molecule has 0 saturated heterocycles. The van der Waals surface area contributed by atoms with E-state index in [0.717, 1.165) is 72.1 Å². The van der Waals surface area contributed by atoms with Crippen LogP contribution in [0.3, 0.4) is 0 Å². The van der Waals surface area contributed by atoms with Crippen molar-refractivity contribution < 1.29 is 28.5 Å². The third-order valence-electron chi connectivity index (χ3n) is 12.7. The molecule has 0 N–H and O–H groups in total. The van der Waals surface area contributed by atoms with E-state index in [1.807, 2.05) is 24.3 Å². The topological polar surface area (TPSA) is 71.1 Å². The van der Waals surface area contributed by atoms with Gasteiger partial charge >= 0.3 is 11.9 Å². The van der Waals surface area contributed by atoms with E-state index in [1.54, 1.807) is 0 Å². The Labute approximate surface area is 271 Å². The second kappa shape index (κ2) is 10.9. The highest BCUT2D eigenvalue weighted by atomic mass is 16.6. The summed E-state index contributed by atoms with van der Waals surface area (Å²) in [5.74, 6) is 4.99. The maximum atomic E-state index is 13.4. The van der Waals surface area contributed by atoms with Gasteiger partial charge in [-0.05, 0) is 131 Å². The molecule has 3 aromatic rings. The molecule has 6 nitrogen and oxygen atoms in total. The molecule has 6 heteroatoms. The second-order valence-corrected chi connectivity index (χ2v) is 16.2. The summed E-state index contributed by atoms with van der Waals surface area (Å²) >= 11 is 0. The van der Waals surface area contributed by atoms with Crippen molar-refractivity contribution in [3.05, 3.63) is 48.0 Å². The van der Waals surface area contributed by atoms with Crippen molar-refractivity contribution in [2.75, 3.05) is 13.2 Å². The molecule has 0 unspecified atom stereocenters. The van der Waals surface area contributed by atoms with Crippen molar-refractivity contribution in [3.63, 3.8) is 0 Å². The van der Waals surface area contributed by atoms with Crippen LogP contribution in [0, 0.1) is 35.5 Å². The molecular formula is C40H46O6. The van der Waals surface area contributed by atoms with Gasteiger partial charge in [-0.25, -0.2) is 9.59 Å². The van der Waals surface area contributed by atoms with E-state index in [9.17, 15) is 9.59 Å². The number of esters is 2. The Balaban J connectivity index is 0.970. The highest BCUT2D eigenvalue weighted by molar-refractivity contribution is 6.11. The smallest absolute Gasteiger partial charge is 0.344 e. The van der Waals surface area contributed by atoms with E-state index in [4.69, 9.17) is 18.9 Å². The van der Waals surface area contributed by atoms with Gasteiger partial charge in [0.1, 0.15) is 22.7 Å². The van der Waals surface area contributed by atoms with Gasteiger partial charge in [-0.1, -0.05) is 43.3 Å². The Hall–Kier alpha value is -3.28. The summed E-state index contributed by atoms with van der Waals surface area (Å²) in [5.41, 5.74) is 0.575. The molecule has 0 amide bonds. The highest BCUT2D eigenvalue weighted by Gasteiger charge is 2.54. The van der Waals surface area contributed by atoms with Gasteiger partial charge < -0.3 is 18.9 Å². The van der Waals surface area contributed by atoms with E-state index >= 15 is 0 Å². The van der Waals surface area contributed by atoms with E-state index in [0.29, 0.717) is 47.0 Å². The van der Waals surface area contributed by atoms with E-state index in [2.05, 4.69) is 25.1 Å². The number of ether oxygens (including phenoxy) is 4. The lowest BCUT2D eigenvalue weighted by Gasteiger charge is -2.55. The SMILES string of the molecule is CCc1ccc2c(OCC(=O)OC34CC5CC(CC(C5)C3)C4)c3ccccc3c(OCC(=O)OC34CC5CC(CC(C5)C3)C4)c2c1. The summed E-state index contributed by atoms with van der Waals surface area (Å²) in [6, 6.07) is 14.2. The lowest BCUT2D eigenvalue weighted by Crippen LogP contribution is -2.53. The van der Waals surface area contributed by atoms with Crippen molar-refractivity contribution >= 4 is 33.5 Å². The molecule has 8 aliphatic carbocycles. The molecule has 46 heavy (non-hydrogen) atoms. The minimum atomic E-state index is -0.294. The average Bonchev–Trinajstić information content (AvgIpc) is 3.00. The first kappa shape index (κ1) is 28.9. The predicted molar refractivity (Wildman–Crippen MR) is 176 cm³/mol. The molecule has 0 aliphatic heterocycles. The Morgan fingerprint density at radius 2 is 0.978 bits per heavy atom. The van der Waals surface area contributed by atoms with Crippen molar-refractivity contribution in [1.82, 2.24) is 0 Å². The van der Waals surface area contributed by atoms with Gasteiger partial charge in [0, 0.05) is 21.5 Å². The molecule has 0 spiro atoms. The van der Waals surface area contributed by atoms with Gasteiger partial charge in [0.25, 0.3) is 0 Å². The van der Waals surface area contributed by atoms with E-state index in [1.165, 1.54) is 38.5 Å². The first-order valence-electron chi connectivity index (χ1n) is 18.0. The fraction of sp³-hybridized carbons (Fsp3) is 0.600. The summed E-state index contributed by atoms with van der Waals surface area (Å²) in [6.45, 7) is 1.87. The number of carbonyl (C=O) groups is 2. The first-order chi connectivity index (χ1) is 22.3. The van der Waals surface area contributed by atoms with Crippen LogP contribution in [0.1, 0.15) is 89.5 Å². The van der Waals surface area contributed by atoms with Gasteiger partial charge in [-0.15, -0.1) is 0 Å². The number of hydrogen-bond donors (Lipinski definition) is 0. The maximum absolute atomic E-state index is 13.4. The van der Waals surface area contributed by atoms with Crippen LogP contribution in [0.4, 0.5) is 0 Å². The minimum Gasteiger partial charge on any atom is -0.481 e. The summed E-state index contributed by atoms with van der Waals surface area (Å²) < 4.78 is 25.4. The summed E-state index contributed by atoms with van der Waals surface area (Å²) in [7, 11) is 0. The molecule has 8 saturated carbocycles.